The Labute approximate surface area is 211 Å². The van der Waals surface area contributed by atoms with Crippen molar-refractivity contribution in [3.8, 4) is 11.5 Å². The number of benzene rings is 3. The summed E-state index contributed by atoms with van der Waals surface area (Å²) < 4.78 is 17.4. The molecule has 0 saturated heterocycles. The fourth-order valence-corrected chi connectivity index (χ4v) is 4.65. The number of hydrogen-bond donors (Lipinski definition) is 1. The minimum atomic E-state index is -1.27. The third kappa shape index (κ3) is 4.63. The van der Waals surface area contributed by atoms with E-state index in [2.05, 4.69) is 0 Å². The van der Waals surface area contributed by atoms with Gasteiger partial charge in [-0.1, -0.05) is 36.4 Å². The van der Waals surface area contributed by atoms with Crippen LogP contribution in [0.3, 0.4) is 0 Å². The molecule has 1 aliphatic rings. The van der Waals surface area contributed by atoms with E-state index in [1.807, 2.05) is 65.0 Å². The number of carbonyl (C=O) groups excluding carboxylic acids is 2. The summed E-state index contributed by atoms with van der Waals surface area (Å²) in [7, 11) is 0. The molecule has 1 atom stereocenters. The van der Waals surface area contributed by atoms with Crippen LogP contribution in [0.15, 0.2) is 42.5 Å². The van der Waals surface area contributed by atoms with Crippen molar-refractivity contribution >= 4 is 28.3 Å². The lowest BCUT2D eigenvalue weighted by Crippen LogP contribution is -2.28. The fraction of sp³-hybridized carbons (Fsp3) is 0.379. The quantitative estimate of drug-likeness (QED) is 0.420. The van der Waals surface area contributed by atoms with Gasteiger partial charge in [-0.15, -0.1) is 0 Å². The van der Waals surface area contributed by atoms with Crippen LogP contribution in [0, 0.1) is 6.92 Å². The molecule has 1 unspecified atom stereocenters. The normalized spacial score (nSPS) is 15.1. The van der Waals surface area contributed by atoms with Crippen LogP contribution < -0.4 is 14.4 Å². The molecule has 1 amide bonds. The molecule has 36 heavy (non-hydrogen) atoms. The molecule has 3 aromatic carbocycles. The second-order valence-electron chi connectivity index (χ2n) is 9.48. The summed E-state index contributed by atoms with van der Waals surface area (Å²) in [5.41, 5.74) is 2.77. The lowest BCUT2D eigenvalue weighted by atomic mass is 9.98. The largest absolute Gasteiger partial charge is 0.490 e. The highest BCUT2D eigenvalue weighted by molar-refractivity contribution is 6.17. The monoisotopic (exact) mass is 491 g/mol. The first kappa shape index (κ1) is 25.5. The van der Waals surface area contributed by atoms with E-state index < -0.39 is 6.23 Å². The number of hydrogen-bond acceptors (Lipinski definition) is 6. The fourth-order valence-electron chi connectivity index (χ4n) is 4.65. The summed E-state index contributed by atoms with van der Waals surface area (Å²) in [4.78, 5) is 27.2. The number of ether oxygens (including phenoxy) is 3. The maximum absolute atomic E-state index is 13.9. The van der Waals surface area contributed by atoms with Gasteiger partial charge in [0.15, 0.2) is 6.23 Å². The molecule has 1 aliphatic heterocycles. The smallest absolute Gasteiger partial charge is 0.310 e. The van der Waals surface area contributed by atoms with Crippen LogP contribution in [0.4, 0.5) is 5.69 Å². The highest BCUT2D eigenvalue weighted by atomic mass is 16.5. The van der Waals surface area contributed by atoms with Crippen molar-refractivity contribution in [1.29, 1.82) is 0 Å². The molecule has 0 fully saturated rings. The zero-order chi connectivity index (χ0) is 26.1. The number of aliphatic hydroxyl groups excluding tert-OH is 1. The Bertz CT molecular complexity index is 1310. The standard InChI is InChI=1S/C29H33NO6/c1-7-34-23(31)15-19-12-13-22(18(6)14-19)30-28(32)24-25(29(30)33)27(36-17(4)5)21-11-9-8-10-20(21)26(24)35-16(2)3/h8-14,16-17,28,32H,7,15H2,1-6H3. The van der Waals surface area contributed by atoms with E-state index >= 15 is 0 Å². The Morgan fingerprint density at radius 3 is 2.19 bits per heavy atom. The van der Waals surface area contributed by atoms with Gasteiger partial charge in [0, 0.05) is 16.5 Å². The SMILES string of the molecule is CCOC(=O)Cc1ccc(N2C(=O)c3c(c(OC(C)C)c4ccccc4c3OC(C)C)C2O)c(C)c1. The number of nitrogens with zero attached hydrogens (tertiary/aromatic N) is 1. The summed E-state index contributed by atoms with van der Waals surface area (Å²) in [6.45, 7) is 11.6. The molecule has 7 heteroatoms. The highest BCUT2D eigenvalue weighted by Crippen LogP contribution is 2.50. The molecule has 0 aliphatic carbocycles. The highest BCUT2D eigenvalue weighted by Gasteiger charge is 2.44. The van der Waals surface area contributed by atoms with E-state index in [1.54, 1.807) is 19.1 Å². The Morgan fingerprint density at radius 2 is 1.61 bits per heavy atom. The van der Waals surface area contributed by atoms with Crippen molar-refractivity contribution in [2.75, 3.05) is 11.5 Å². The van der Waals surface area contributed by atoms with Gasteiger partial charge >= 0.3 is 5.97 Å². The van der Waals surface area contributed by atoms with Crippen LogP contribution in [-0.4, -0.2) is 35.8 Å². The molecule has 0 saturated carbocycles. The minimum absolute atomic E-state index is 0.135. The van der Waals surface area contributed by atoms with Crippen molar-refractivity contribution in [3.05, 3.63) is 64.7 Å². The van der Waals surface area contributed by atoms with Crippen molar-refractivity contribution in [2.24, 2.45) is 0 Å². The average molecular weight is 492 g/mol. The number of aliphatic hydroxyl groups is 1. The van der Waals surface area contributed by atoms with E-state index in [-0.39, 0.29) is 30.5 Å². The number of aryl methyl sites for hydroxylation is 1. The van der Waals surface area contributed by atoms with Crippen molar-refractivity contribution in [1.82, 2.24) is 0 Å². The van der Waals surface area contributed by atoms with Crippen LogP contribution >= 0.6 is 0 Å². The lowest BCUT2D eigenvalue weighted by molar-refractivity contribution is -0.142. The van der Waals surface area contributed by atoms with Gasteiger partial charge in [0.05, 0.1) is 36.4 Å². The molecular formula is C29H33NO6. The first-order valence-electron chi connectivity index (χ1n) is 12.3. The number of esters is 1. The average Bonchev–Trinajstić information content (AvgIpc) is 3.06. The van der Waals surface area contributed by atoms with Crippen LogP contribution in [0.2, 0.25) is 0 Å². The second kappa shape index (κ2) is 10.2. The third-order valence-corrected chi connectivity index (χ3v) is 5.97. The zero-order valence-electron chi connectivity index (χ0n) is 21.6. The number of anilines is 1. The Kier molecular flexibility index (Phi) is 7.22. The van der Waals surface area contributed by atoms with Crippen LogP contribution in [0.5, 0.6) is 11.5 Å². The molecule has 7 nitrogen and oxygen atoms in total. The predicted octanol–water partition coefficient (Wildman–Crippen LogP) is 5.48. The Hall–Kier alpha value is -3.58. The van der Waals surface area contributed by atoms with Gasteiger partial charge in [-0.2, -0.15) is 0 Å². The summed E-state index contributed by atoms with van der Waals surface area (Å²) in [5, 5.41) is 13.1. The first-order chi connectivity index (χ1) is 17.1. The minimum Gasteiger partial charge on any atom is -0.490 e. The van der Waals surface area contributed by atoms with Crippen molar-refractivity contribution in [3.63, 3.8) is 0 Å². The molecule has 4 rings (SSSR count). The van der Waals surface area contributed by atoms with Crippen molar-refractivity contribution < 1.29 is 28.9 Å². The maximum Gasteiger partial charge on any atom is 0.310 e. The number of fused-ring (bicyclic) bond motifs is 2. The van der Waals surface area contributed by atoms with Gasteiger partial charge in [-0.25, -0.2) is 0 Å². The summed E-state index contributed by atoms with van der Waals surface area (Å²) >= 11 is 0. The van der Waals surface area contributed by atoms with E-state index in [0.717, 1.165) is 21.9 Å². The summed E-state index contributed by atoms with van der Waals surface area (Å²) in [6, 6.07) is 13.0. The third-order valence-electron chi connectivity index (χ3n) is 5.97. The van der Waals surface area contributed by atoms with E-state index in [0.29, 0.717) is 34.9 Å². The summed E-state index contributed by atoms with van der Waals surface area (Å²) in [6.07, 6.45) is -1.49. The molecule has 190 valence electrons. The van der Waals surface area contributed by atoms with Gasteiger partial charge in [0.1, 0.15) is 11.5 Å². The molecule has 0 bridgehead atoms. The topological polar surface area (TPSA) is 85.3 Å². The molecule has 1 heterocycles. The second-order valence-corrected chi connectivity index (χ2v) is 9.48. The molecule has 0 spiro atoms. The first-order valence-corrected chi connectivity index (χ1v) is 12.3. The molecule has 1 N–H and O–H groups in total. The van der Waals surface area contributed by atoms with Gasteiger partial charge in [-0.3, -0.25) is 14.5 Å². The van der Waals surface area contributed by atoms with E-state index in [9.17, 15) is 14.7 Å². The predicted molar refractivity (Wildman–Crippen MR) is 139 cm³/mol. The maximum atomic E-state index is 13.9. The van der Waals surface area contributed by atoms with Crippen LogP contribution in [0.25, 0.3) is 10.8 Å². The molecular weight excluding hydrogens is 458 g/mol. The number of amides is 1. The van der Waals surface area contributed by atoms with Crippen molar-refractivity contribution in [2.45, 2.75) is 66.4 Å². The Morgan fingerprint density at radius 1 is 1.00 bits per heavy atom. The van der Waals surface area contributed by atoms with E-state index in [1.165, 1.54) is 4.90 Å². The summed E-state index contributed by atoms with van der Waals surface area (Å²) in [5.74, 6) is 0.238. The number of rotatable bonds is 8. The molecule has 0 radical (unpaired) electrons. The molecule has 3 aromatic rings. The van der Waals surface area contributed by atoms with Crippen LogP contribution in [0.1, 0.15) is 67.9 Å². The van der Waals surface area contributed by atoms with Gasteiger partial charge < -0.3 is 19.3 Å². The van der Waals surface area contributed by atoms with Crippen LogP contribution in [-0.2, 0) is 16.0 Å². The number of carbonyl (C=O) groups is 2. The zero-order valence-corrected chi connectivity index (χ0v) is 21.6. The van der Waals surface area contributed by atoms with Gasteiger partial charge in [0.25, 0.3) is 5.91 Å². The van der Waals surface area contributed by atoms with Gasteiger partial charge in [0.2, 0.25) is 0 Å². The van der Waals surface area contributed by atoms with E-state index in [4.69, 9.17) is 14.2 Å². The molecule has 0 aromatic heterocycles. The van der Waals surface area contributed by atoms with Gasteiger partial charge in [-0.05, 0) is 58.7 Å². The lowest BCUT2D eigenvalue weighted by Gasteiger charge is -2.24. The Balaban J connectivity index is 1.87.